The number of allylic oxidation sites excluding steroid dienone is 1. The van der Waals surface area contributed by atoms with Crippen molar-refractivity contribution in [3.63, 3.8) is 0 Å². The highest BCUT2D eigenvalue weighted by atomic mass is 16.8. The number of hydrogen-bond donors (Lipinski definition) is 23. The minimum absolute atomic E-state index is 0.161. The lowest BCUT2D eigenvalue weighted by Crippen LogP contribution is -2.71. The second-order valence-electron chi connectivity index (χ2n) is 33.4. The third-order valence-electron chi connectivity index (χ3n) is 23.8. The van der Waals surface area contributed by atoms with Crippen LogP contribution in [0.4, 0.5) is 0 Å². The number of rotatable bonds is 54. The first-order valence-electron chi connectivity index (χ1n) is 44.3. The minimum Gasteiger partial charge on any atom is -0.394 e. The number of nitrogens with one attached hydrogen (secondary N) is 3. The number of carbonyl (C=O) groups is 3. The maximum atomic E-state index is 13.6. The molecule has 0 bridgehead atoms. The summed E-state index contributed by atoms with van der Waals surface area (Å²) in [6.45, 7) is 0.995. The molecule has 23 N–H and O–H groups in total. The molecule has 7 saturated heterocycles. The molecule has 40 heteroatoms. The van der Waals surface area contributed by atoms with Crippen molar-refractivity contribution in [2.45, 2.75) is 441 Å². The first-order chi connectivity index (χ1) is 58.5. The van der Waals surface area contributed by atoms with Crippen molar-refractivity contribution >= 4 is 17.7 Å². The van der Waals surface area contributed by atoms with Crippen LogP contribution in [-0.4, -0.2) is 393 Å². The number of aliphatic hydroxyl groups excluding tert-OH is 20. The summed E-state index contributed by atoms with van der Waals surface area (Å²) in [4.78, 5) is 39.8. The molecular formula is C82H147N3O37. The first-order valence-corrected chi connectivity index (χ1v) is 44.3. The van der Waals surface area contributed by atoms with E-state index in [9.17, 15) is 117 Å². The Morgan fingerprint density at radius 1 is 0.336 bits per heavy atom. The Morgan fingerprint density at radius 3 is 1.16 bits per heavy atom. The highest BCUT2D eigenvalue weighted by Gasteiger charge is 2.60. The molecule has 40 nitrogen and oxygen atoms in total. The summed E-state index contributed by atoms with van der Waals surface area (Å²) in [6.07, 6.45) is -31.4. The third-order valence-corrected chi connectivity index (χ3v) is 23.8. The van der Waals surface area contributed by atoms with Gasteiger partial charge in [-0.2, -0.15) is 0 Å². The van der Waals surface area contributed by atoms with E-state index in [1.54, 1.807) is 6.08 Å². The van der Waals surface area contributed by atoms with Crippen LogP contribution in [0.5, 0.6) is 0 Å². The molecule has 14 unspecified atom stereocenters. The molecule has 0 aromatic carbocycles. The second kappa shape index (κ2) is 55.1. The van der Waals surface area contributed by atoms with Crippen LogP contribution in [0.3, 0.4) is 0 Å². The Bertz CT molecular complexity index is 2910. The van der Waals surface area contributed by atoms with Gasteiger partial charge in [0.25, 0.3) is 0 Å². The van der Waals surface area contributed by atoms with Crippen molar-refractivity contribution in [1.82, 2.24) is 16.0 Å². The molecule has 3 amide bonds. The zero-order chi connectivity index (χ0) is 89.3. The molecule has 122 heavy (non-hydrogen) atoms. The van der Waals surface area contributed by atoms with Gasteiger partial charge in [-0.25, -0.2) is 0 Å². The fourth-order valence-corrected chi connectivity index (χ4v) is 16.5. The van der Waals surface area contributed by atoms with E-state index in [4.69, 9.17) is 66.3 Å². The maximum Gasteiger partial charge on any atom is 0.220 e. The van der Waals surface area contributed by atoms with Crippen LogP contribution < -0.4 is 16.0 Å². The summed E-state index contributed by atoms with van der Waals surface area (Å²) < 4.78 is 83.4. The van der Waals surface area contributed by atoms with Gasteiger partial charge in [0, 0.05) is 20.3 Å². The van der Waals surface area contributed by atoms with Crippen molar-refractivity contribution in [3.8, 4) is 0 Å². The number of hydrogen-bond acceptors (Lipinski definition) is 37. The third kappa shape index (κ3) is 30.7. The van der Waals surface area contributed by atoms with Crippen LogP contribution in [0.25, 0.3) is 0 Å². The van der Waals surface area contributed by atoms with Crippen LogP contribution in [-0.2, 0) is 80.7 Å². The summed E-state index contributed by atoms with van der Waals surface area (Å²) in [7, 11) is 0. The smallest absolute Gasteiger partial charge is 0.220 e. The van der Waals surface area contributed by atoms with Crippen molar-refractivity contribution in [1.29, 1.82) is 0 Å². The number of carbonyl (C=O) groups excluding carboxylic acids is 3. The molecule has 7 rings (SSSR count). The zero-order valence-corrected chi connectivity index (χ0v) is 71.1. The van der Waals surface area contributed by atoms with Gasteiger partial charge in [0.1, 0.15) is 165 Å². The molecule has 0 spiro atoms. The van der Waals surface area contributed by atoms with E-state index >= 15 is 0 Å². The summed E-state index contributed by atoms with van der Waals surface area (Å²) in [5.41, 5.74) is 0. The van der Waals surface area contributed by atoms with E-state index in [0.717, 1.165) is 65.2 Å². The van der Waals surface area contributed by atoms with Crippen molar-refractivity contribution in [2.75, 3.05) is 46.2 Å². The molecular weight excluding hydrogens is 1620 g/mol. The molecule has 0 aromatic rings. The summed E-state index contributed by atoms with van der Waals surface area (Å²) in [5, 5.41) is 233. The standard InChI is InChI=1S/C82H147N3O37/c1-6-8-10-12-14-16-18-20-21-23-25-27-29-31-33-35-54(95)85-46(47(94)34-32-30-28-26-24-22-19-17-15-13-11-9-7-2)42-109-78-67(106)65(104)71(53(41-91)116-78)117-80-68(107)74(61(100)50(38-88)112-80)121-77-56(84-45(5)93)72(59(98)49(37-87)111-77)119-81-69(108)73(60(99)51(39-89)113-81)120-76-55(83-44(4)92)62(101)70(52(40-90)115-76)118-82-75(64(103)58(97)48(36-86)114-82)122-79-66(105)63(102)57(96)43(3)110-79/h32,34,43,46-53,55-82,86-91,94,96-108H,6-31,33,35-42H2,1-5H3,(H,83,92)(H,84,93)(H,85,95)/b34-32+/t43?,46-,47+,48?,49?,50?,51?,52?,53?,55?,56?,57+,58-,59+,60-,61-,62+,63?,64-,65+,66-,67?,68?,69?,70+,71+,72+,73-,74-,75?,76-,77-,78+,79+,80-,81-,82-/m0/s1. The van der Waals surface area contributed by atoms with Crippen LogP contribution in [0.2, 0.25) is 0 Å². The molecule has 0 radical (unpaired) electrons. The van der Waals surface area contributed by atoms with Gasteiger partial charge in [0.05, 0.1) is 64.5 Å². The molecule has 0 aliphatic carbocycles. The zero-order valence-electron chi connectivity index (χ0n) is 71.1. The Hall–Kier alpha value is -3.21. The van der Waals surface area contributed by atoms with Gasteiger partial charge in [0.15, 0.2) is 44.0 Å². The van der Waals surface area contributed by atoms with Crippen LogP contribution in [0.15, 0.2) is 12.2 Å². The first kappa shape index (κ1) is 106. The lowest BCUT2D eigenvalue weighted by molar-refractivity contribution is -0.392. The molecule has 712 valence electrons. The average molecular weight is 1770 g/mol. The van der Waals surface area contributed by atoms with Crippen molar-refractivity contribution < 1.29 is 183 Å². The molecule has 7 aliphatic rings. The lowest BCUT2D eigenvalue weighted by atomic mass is 9.93. The van der Waals surface area contributed by atoms with Crippen LogP contribution >= 0.6 is 0 Å². The van der Waals surface area contributed by atoms with E-state index < -0.39 is 285 Å². The average Bonchev–Trinajstić information content (AvgIpc) is 0.767. The van der Waals surface area contributed by atoms with E-state index in [-0.39, 0.29) is 12.3 Å². The topological polar surface area (TPSA) is 621 Å². The largest absolute Gasteiger partial charge is 0.394 e. The van der Waals surface area contributed by atoms with E-state index in [2.05, 4.69) is 29.8 Å². The Kier molecular flexibility index (Phi) is 47.8. The summed E-state index contributed by atoms with van der Waals surface area (Å²) in [5.74, 6) is -2.16. The number of aliphatic hydroxyl groups is 20. The quantitative estimate of drug-likeness (QED) is 0.0207. The van der Waals surface area contributed by atoms with Gasteiger partial charge in [-0.3, -0.25) is 14.4 Å². The minimum atomic E-state index is -2.34. The highest BCUT2D eigenvalue weighted by Crippen LogP contribution is 2.39. The Morgan fingerprint density at radius 2 is 0.680 bits per heavy atom. The Balaban J connectivity index is 1.02. The predicted octanol–water partition coefficient (Wildman–Crippen LogP) is -3.57. The molecule has 37 atom stereocenters. The normalized spacial score (nSPS) is 38.9. The number of amides is 3. The molecule has 7 fully saturated rings. The van der Waals surface area contributed by atoms with Crippen LogP contribution in [0, 0.1) is 0 Å². The van der Waals surface area contributed by atoms with Gasteiger partial charge in [0.2, 0.25) is 17.7 Å². The van der Waals surface area contributed by atoms with Gasteiger partial charge >= 0.3 is 0 Å². The van der Waals surface area contributed by atoms with E-state index in [1.165, 1.54) is 116 Å². The highest BCUT2D eigenvalue weighted by molar-refractivity contribution is 5.76. The molecule has 7 aliphatic heterocycles. The number of unbranched alkanes of at least 4 members (excludes halogenated alkanes) is 25. The fraction of sp³-hybridized carbons (Fsp3) is 0.939. The van der Waals surface area contributed by atoms with Crippen molar-refractivity contribution in [2.24, 2.45) is 0 Å². The molecule has 0 aromatic heterocycles. The molecule has 7 heterocycles. The second-order valence-corrected chi connectivity index (χ2v) is 33.4. The fourth-order valence-electron chi connectivity index (χ4n) is 16.5. The van der Waals surface area contributed by atoms with E-state index in [1.807, 2.05) is 6.08 Å². The monoisotopic (exact) mass is 1770 g/mol. The van der Waals surface area contributed by atoms with Gasteiger partial charge < -0.3 is 184 Å². The van der Waals surface area contributed by atoms with Gasteiger partial charge in [-0.15, -0.1) is 0 Å². The summed E-state index contributed by atoms with van der Waals surface area (Å²) >= 11 is 0. The SMILES string of the molecule is CCCCCCCCCCCCC/C=C/[C@@H](O)[C@H](CO[C@@H]1OC(CO)[C@@H](O[C@@H]2OC(CO)[C@H](O)[C@H](O[C@@H]3OC(CO)[C@@H](O)[C@H](O[C@@H]4OC(CO)[C@H](O)[C@H](O[C@@H]5OC(CO)[C@@H](O[C@@H]6OC(CO)[C@H](O)[C@H](O)C6O[C@H]6OC(C)[C@@H](O)C(O)[C@@H]6O)[C@H](O)C5NC(C)=O)C4O)C3NC(C)=O)C2O)[C@H](O)C1O)NC(=O)CCCCCCCCCCCCCCCCC. The number of ether oxygens (including phenoxy) is 14. The Labute approximate surface area is 713 Å². The van der Waals surface area contributed by atoms with Gasteiger partial charge in [-0.05, 0) is 26.2 Å². The van der Waals surface area contributed by atoms with Gasteiger partial charge in [-0.1, -0.05) is 180 Å². The van der Waals surface area contributed by atoms with Crippen molar-refractivity contribution in [3.05, 3.63) is 12.2 Å². The van der Waals surface area contributed by atoms with E-state index in [0.29, 0.717) is 12.8 Å². The lowest BCUT2D eigenvalue weighted by Gasteiger charge is -2.51. The molecule has 0 saturated carbocycles. The predicted molar refractivity (Wildman–Crippen MR) is 425 cm³/mol. The summed E-state index contributed by atoms with van der Waals surface area (Å²) in [6, 6.07) is -4.86. The maximum absolute atomic E-state index is 13.6. The van der Waals surface area contributed by atoms with Crippen LogP contribution in [0.1, 0.15) is 214 Å².